The van der Waals surface area contributed by atoms with Crippen LogP contribution in [0.15, 0.2) is 48.7 Å². The summed E-state index contributed by atoms with van der Waals surface area (Å²) in [6, 6.07) is 9.75. The molecule has 1 N–H and O–H groups in total. The maximum Gasteiger partial charge on any atom is 0.187 e. The summed E-state index contributed by atoms with van der Waals surface area (Å²) in [7, 11) is 0. The first-order valence-corrected chi connectivity index (χ1v) is 6.19. The van der Waals surface area contributed by atoms with Crippen LogP contribution in [0, 0.1) is 18.6 Å². The number of allylic oxidation sites excluding steroid dienone is 1. The number of hydrogen-bond donors (Lipinski definition) is 1. The molecule has 2 aromatic carbocycles. The third-order valence-corrected chi connectivity index (χ3v) is 2.86. The van der Waals surface area contributed by atoms with Gasteiger partial charge in [0.1, 0.15) is 0 Å². The molecule has 0 amide bonds. The Balaban J connectivity index is 2.54. The molecule has 0 aliphatic carbocycles. The van der Waals surface area contributed by atoms with E-state index >= 15 is 0 Å². The standard InChI is InChI=1S/C16H15F2NO/c1-3-7-19(12-6-4-5-11(2)8-12)13-9-14(17)16(20)15(18)10-13/h3-10,20H,1-2H3/b7-3-. The van der Waals surface area contributed by atoms with E-state index in [0.717, 1.165) is 23.4 Å². The molecule has 0 unspecified atom stereocenters. The zero-order chi connectivity index (χ0) is 14.7. The van der Waals surface area contributed by atoms with E-state index < -0.39 is 17.4 Å². The van der Waals surface area contributed by atoms with Crippen LogP contribution in [-0.4, -0.2) is 5.11 Å². The van der Waals surface area contributed by atoms with Gasteiger partial charge in [-0.15, -0.1) is 0 Å². The lowest BCUT2D eigenvalue weighted by Crippen LogP contribution is -2.09. The normalized spacial score (nSPS) is 11.0. The maximum absolute atomic E-state index is 13.5. The summed E-state index contributed by atoms with van der Waals surface area (Å²) < 4.78 is 27.0. The SMILES string of the molecule is C/C=C\N(c1cccc(C)c1)c1cc(F)c(O)c(F)c1. The molecule has 2 nitrogen and oxygen atoms in total. The van der Waals surface area contributed by atoms with Crippen molar-refractivity contribution >= 4 is 11.4 Å². The molecule has 0 aromatic heterocycles. The zero-order valence-corrected chi connectivity index (χ0v) is 11.3. The molecule has 104 valence electrons. The Kier molecular flexibility index (Phi) is 4.03. The third-order valence-electron chi connectivity index (χ3n) is 2.86. The number of phenolic OH excluding ortho intramolecular Hbond substituents is 1. The number of aryl methyl sites for hydroxylation is 1. The van der Waals surface area contributed by atoms with E-state index in [2.05, 4.69) is 0 Å². The number of rotatable bonds is 3. The predicted octanol–water partition coefficient (Wildman–Crippen LogP) is 4.65. The molecule has 0 radical (unpaired) electrons. The number of benzene rings is 2. The molecule has 2 aromatic rings. The van der Waals surface area contributed by atoms with Gasteiger partial charge < -0.3 is 10.0 Å². The van der Waals surface area contributed by atoms with E-state index in [1.807, 2.05) is 38.1 Å². The number of aromatic hydroxyl groups is 1. The summed E-state index contributed by atoms with van der Waals surface area (Å²) in [4.78, 5) is 1.65. The number of hydrogen-bond acceptors (Lipinski definition) is 2. The van der Waals surface area contributed by atoms with Crippen molar-refractivity contribution in [3.63, 3.8) is 0 Å². The molecule has 0 bridgehead atoms. The second-order valence-electron chi connectivity index (χ2n) is 4.45. The fourth-order valence-electron chi connectivity index (χ4n) is 1.94. The smallest absolute Gasteiger partial charge is 0.187 e. The first kappa shape index (κ1) is 14.1. The van der Waals surface area contributed by atoms with Gasteiger partial charge in [-0.2, -0.15) is 0 Å². The van der Waals surface area contributed by atoms with E-state index in [-0.39, 0.29) is 0 Å². The van der Waals surface area contributed by atoms with Crippen LogP contribution in [0.5, 0.6) is 5.75 Å². The molecule has 0 atom stereocenters. The van der Waals surface area contributed by atoms with E-state index in [9.17, 15) is 13.9 Å². The van der Waals surface area contributed by atoms with Gasteiger partial charge in [0, 0.05) is 24.0 Å². The second kappa shape index (κ2) is 5.74. The highest BCUT2D eigenvalue weighted by molar-refractivity contribution is 5.67. The zero-order valence-electron chi connectivity index (χ0n) is 11.3. The molecule has 4 heteroatoms. The topological polar surface area (TPSA) is 23.5 Å². The fourth-order valence-corrected chi connectivity index (χ4v) is 1.94. The predicted molar refractivity (Wildman–Crippen MR) is 76.2 cm³/mol. The van der Waals surface area contributed by atoms with Crippen LogP contribution in [0.4, 0.5) is 20.2 Å². The van der Waals surface area contributed by atoms with E-state index in [1.54, 1.807) is 17.2 Å². The average molecular weight is 275 g/mol. The van der Waals surface area contributed by atoms with Gasteiger partial charge >= 0.3 is 0 Å². The van der Waals surface area contributed by atoms with Gasteiger partial charge in [0.2, 0.25) is 0 Å². The molecule has 0 aliphatic heterocycles. The van der Waals surface area contributed by atoms with Gasteiger partial charge in [-0.05, 0) is 31.5 Å². The summed E-state index contributed by atoms with van der Waals surface area (Å²) in [5, 5.41) is 9.17. The Labute approximate surface area is 116 Å². The van der Waals surface area contributed by atoms with E-state index in [0.29, 0.717) is 5.69 Å². The largest absolute Gasteiger partial charge is 0.503 e. The highest BCUT2D eigenvalue weighted by Crippen LogP contribution is 2.31. The van der Waals surface area contributed by atoms with Gasteiger partial charge in [0.25, 0.3) is 0 Å². The number of nitrogens with zero attached hydrogens (tertiary/aromatic N) is 1. The molecule has 0 saturated carbocycles. The molecule has 20 heavy (non-hydrogen) atoms. The van der Waals surface area contributed by atoms with Crippen LogP contribution in [0.2, 0.25) is 0 Å². The summed E-state index contributed by atoms with van der Waals surface area (Å²) >= 11 is 0. The first-order chi connectivity index (χ1) is 9.52. The molecule has 0 spiro atoms. The van der Waals surface area contributed by atoms with Gasteiger partial charge in [0.05, 0.1) is 5.69 Å². The van der Waals surface area contributed by atoms with Crippen LogP contribution in [0.3, 0.4) is 0 Å². The minimum Gasteiger partial charge on any atom is -0.503 e. The second-order valence-corrected chi connectivity index (χ2v) is 4.45. The van der Waals surface area contributed by atoms with Crippen molar-refractivity contribution in [2.24, 2.45) is 0 Å². The van der Waals surface area contributed by atoms with Gasteiger partial charge in [-0.3, -0.25) is 0 Å². The van der Waals surface area contributed by atoms with E-state index in [1.165, 1.54) is 0 Å². The molecular formula is C16H15F2NO. The fraction of sp³-hybridized carbons (Fsp3) is 0.125. The molecule has 0 heterocycles. The van der Waals surface area contributed by atoms with Crippen LogP contribution >= 0.6 is 0 Å². The minimum absolute atomic E-state index is 0.307. The van der Waals surface area contributed by atoms with Crippen molar-refractivity contribution < 1.29 is 13.9 Å². The summed E-state index contributed by atoms with van der Waals surface area (Å²) in [6.07, 6.45) is 3.48. The molecular weight excluding hydrogens is 260 g/mol. The molecule has 0 fully saturated rings. The Hall–Kier alpha value is -2.36. The van der Waals surface area contributed by atoms with Crippen molar-refractivity contribution in [2.75, 3.05) is 4.90 Å². The molecule has 0 aliphatic rings. The number of anilines is 2. The Morgan fingerprint density at radius 1 is 1.05 bits per heavy atom. The summed E-state index contributed by atoms with van der Waals surface area (Å²) in [6.45, 7) is 3.76. The van der Waals surface area contributed by atoms with Crippen LogP contribution < -0.4 is 4.90 Å². The highest BCUT2D eigenvalue weighted by Gasteiger charge is 2.14. The summed E-state index contributed by atoms with van der Waals surface area (Å²) in [5.74, 6) is -2.93. The summed E-state index contributed by atoms with van der Waals surface area (Å²) in [5.41, 5.74) is 2.13. The van der Waals surface area contributed by atoms with Gasteiger partial charge in [0.15, 0.2) is 17.4 Å². The van der Waals surface area contributed by atoms with Crippen molar-refractivity contribution in [3.8, 4) is 5.75 Å². The molecule has 2 rings (SSSR count). The maximum atomic E-state index is 13.5. The highest BCUT2D eigenvalue weighted by atomic mass is 19.1. The third kappa shape index (κ3) is 2.79. The number of phenols is 1. The van der Waals surface area contributed by atoms with E-state index in [4.69, 9.17) is 0 Å². The van der Waals surface area contributed by atoms with Crippen molar-refractivity contribution in [3.05, 3.63) is 65.9 Å². The number of halogens is 2. The van der Waals surface area contributed by atoms with Gasteiger partial charge in [-0.25, -0.2) is 8.78 Å². The van der Waals surface area contributed by atoms with Crippen molar-refractivity contribution in [1.29, 1.82) is 0 Å². The Morgan fingerprint density at radius 3 is 2.25 bits per heavy atom. The van der Waals surface area contributed by atoms with Gasteiger partial charge in [-0.1, -0.05) is 18.2 Å². The van der Waals surface area contributed by atoms with Crippen LogP contribution in [-0.2, 0) is 0 Å². The monoisotopic (exact) mass is 275 g/mol. The van der Waals surface area contributed by atoms with Crippen molar-refractivity contribution in [1.82, 2.24) is 0 Å². The van der Waals surface area contributed by atoms with Crippen LogP contribution in [0.25, 0.3) is 0 Å². The Morgan fingerprint density at radius 2 is 1.70 bits per heavy atom. The average Bonchev–Trinajstić information content (AvgIpc) is 2.41. The lowest BCUT2D eigenvalue weighted by atomic mass is 10.2. The molecule has 0 saturated heterocycles. The lowest BCUT2D eigenvalue weighted by molar-refractivity contribution is 0.396. The first-order valence-electron chi connectivity index (χ1n) is 6.19. The van der Waals surface area contributed by atoms with Crippen molar-refractivity contribution in [2.45, 2.75) is 13.8 Å². The Bertz CT molecular complexity index is 630. The van der Waals surface area contributed by atoms with Crippen LogP contribution in [0.1, 0.15) is 12.5 Å². The quantitative estimate of drug-likeness (QED) is 0.881. The lowest BCUT2D eigenvalue weighted by Gasteiger charge is -2.21. The minimum atomic E-state index is -0.984.